The maximum Gasteiger partial charge on any atom is 0.338 e. The van der Waals surface area contributed by atoms with Crippen LogP contribution < -0.4 is 10.6 Å². The summed E-state index contributed by atoms with van der Waals surface area (Å²) in [5.74, 6) is 2.82. The number of carbonyl (C=O) groups excluding carboxylic acids is 1. The second kappa shape index (κ2) is 9.05. The van der Waals surface area contributed by atoms with Crippen LogP contribution >= 0.6 is 0 Å². The molecule has 0 radical (unpaired) electrons. The molecule has 176 valence electrons. The van der Waals surface area contributed by atoms with E-state index in [2.05, 4.69) is 50.2 Å². The first-order valence-electron chi connectivity index (χ1n) is 12.3. The van der Waals surface area contributed by atoms with Crippen molar-refractivity contribution < 1.29 is 9.53 Å². The van der Waals surface area contributed by atoms with Crippen LogP contribution in [0, 0.1) is 23.2 Å². The van der Waals surface area contributed by atoms with Gasteiger partial charge < -0.3 is 20.3 Å². The summed E-state index contributed by atoms with van der Waals surface area (Å²) in [5.41, 5.74) is 1.98. The molecule has 6 nitrogen and oxygen atoms in total. The van der Waals surface area contributed by atoms with Crippen LogP contribution in [0.2, 0.25) is 0 Å². The van der Waals surface area contributed by atoms with Crippen molar-refractivity contribution in [3.8, 4) is 0 Å². The molecule has 6 atom stereocenters. The van der Waals surface area contributed by atoms with Gasteiger partial charge in [0.05, 0.1) is 18.2 Å². The summed E-state index contributed by atoms with van der Waals surface area (Å²) in [6, 6.07) is 8.71. The minimum atomic E-state index is -0.282. The predicted octanol–water partition coefficient (Wildman–Crippen LogP) is 4.38. The van der Waals surface area contributed by atoms with E-state index in [4.69, 9.17) is 9.73 Å². The minimum absolute atomic E-state index is 0.282. The number of ether oxygens (including phenoxy) is 1. The van der Waals surface area contributed by atoms with Gasteiger partial charge in [-0.15, -0.1) is 0 Å². The van der Waals surface area contributed by atoms with Gasteiger partial charge in [-0.05, 0) is 81.0 Å². The van der Waals surface area contributed by atoms with Crippen molar-refractivity contribution in [2.24, 2.45) is 28.2 Å². The van der Waals surface area contributed by atoms with Crippen molar-refractivity contribution in [3.05, 3.63) is 29.8 Å². The Labute approximate surface area is 193 Å². The fourth-order valence-corrected chi connectivity index (χ4v) is 6.18. The first kappa shape index (κ1) is 23.1. The van der Waals surface area contributed by atoms with Gasteiger partial charge in [0, 0.05) is 30.9 Å². The van der Waals surface area contributed by atoms with Gasteiger partial charge in [-0.3, -0.25) is 0 Å². The van der Waals surface area contributed by atoms with Gasteiger partial charge >= 0.3 is 5.97 Å². The summed E-state index contributed by atoms with van der Waals surface area (Å²) < 4.78 is 5.11. The standard InChI is InChI=1S/C26H40N4O2/c1-7-32-24(31)19-8-10-21(11-9-19)28-25(30-14-16(2)27-17(3)15-30)29-23-13-20-12-22(18(23)4)26(20,5)6/h8-11,16-18,20,22-23,27H,7,12-15H2,1-6H3,(H,28,29)/t16-,17+,18-,20+,22-,23-/m0/s1. The van der Waals surface area contributed by atoms with Crippen LogP contribution in [-0.2, 0) is 4.74 Å². The van der Waals surface area contributed by atoms with E-state index in [0.717, 1.165) is 36.6 Å². The van der Waals surface area contributed by atoms with Crippen molar-refractivity contribution in [2.45, 2.75) is 72.5 Å². The molecule has 4 aliphatic rings. The molecule has 0 aromatic heterocycles. The van der Waals surface area contributed by atoms with Crippen LogP contribution in [0.25, 0.3) is 0 Å². The number of esters is 1. The fraction of sp³-hybridized carbons (Fsp3) is 0.692. The number of fused-ring (bicyclic) bond motifs is 2. The van der Waals surface area contributed by atoms with E-state index in [0.29, 0.717) is 41.6 Å². The molecule has 2 N–H and O–H groups in total. The number of piperazine rings is 1. The normalized spacial score (nSPS) is 33.9. The molecular weight excluding hydrogens is 400 g/mol. The predicted molar refractivity (Wildman–Crippen MR) is 130 cm³/mol. The lowest BCUT2D eigenvalue weighted by Crippen LogP contribution is -2.59. The largest absolute Gasteiger partial charge is 0.462 e. The second-order valence-corrected chi connectivity index (χ2v) is 10.8. The number of rotatable bonds is 4. The maximum atomic E-state index is 12.0. The Balaban J connectivity index is 1.56. The van der Waals surface area contributed by atoms with Crippen LogP contribution in [0.15, 0.2) is 29.3 Å². The molecule has 5 rings (SSSR count). The van der Waals surface area contributed by atoms with Crippen LogP contribution in [0.4, 0.5) is 5.69 Å². The summed E-state index contributed by atoms with van der Waals surface area (Å²) in [4.78, 5) is 19.7. The molecular formula is C26H40N4O2. The Hall–Kier alpha value is -2.08. The van der Waals surface area contributed by atoms with Crippen molar-refractivity contribution in [3.63, 3.8) is 0 Å². The topological polar surface area (TPSA) is 66.0 Å². The average Bonchev–Trinajstić information content (AvgIpc) is 2.74. The molecule has 32 heavy (non-hydrogen) atoms. The number of nitrogens with one attached hydrogen (secondary N) is 2. The third kappa shape index (κ3) is 4.52. The molecule has 2 bridgehead atoms. The minimum Gasteiger partial charge on any atom is -0.462 e. The molecule has 6 heteroatoms. The van der Waals surface area contributed by atoms with Crippen molar-refractivity contribution in [2.75, 3.05) is 25.0 Å². The second-order valence-electron chi connectivity index (χ2n) is 10.8. The lowest BCUT2D eigenvalue weighted by molar-refractivity contribution is -0.108. The molecule has 1 aromatic carbocycles. The van der Waals surface area contributed by atoms with E-state index < -0.39 is 0 Å². The Morgan fingerprint density at radius 2 is 1.81 bits per heavy atom. The summed E-state index contributed by atoms with van der Waals surface area (Å²) in [6.45, 7) is 15.8. The zero-order valence-electron chi connectivity index (χ0n) is 20.5. The summed E-state index contributed by atoms with van der Waals surface area (Å²) in [7, 11) is 0. The first-order chi connectivity index (χ1) is 15.2. The number of benzene rings is 1. The van der Waals surface area contributed by atoms with Gasteiger partial charge in [0.1, 0.15) is 0 Å². The third-order valence-corrected chi connectivity index (χ3v) is 8.11. The van der Waals surface area contributed by atoms with Gasteiger partial charge in [-0.1, -0.05) is 20.8 Å². The highest BCUT2D eigenvalue weighted by molar-refractivity contribution is 5.95. The highest BCUT2D eigenvalue weighted by atomic mass is 16.5. The zero-order chi connectivity index (χ0) is 23.0. The summed E-state index contributed by atoms with van der Waals surface area (Å²) in [5, 5.41) is 7.22. The van der Waals surface area contributed by atoms with Crippen LogP contribution in [0.3, 0.4) is 0 Å². The molecule has 3 aliphatic carbocycles. The van der Waals surface area contributed by atoms with E-state index in [1.54, 1.807) is 0 Å². The molecule has 1 aromatic rings. The lowest BCUT2D eigenvalue weighted by Gasteiger charge is -2.61. The number of anilines is 1. The van der Waals surface area contributed by atoms with E-state index in [1.807, 2.05) is 31.2 Å². The quantitative estimate of drug-likeness (QED) is 0.413. The van der Waals surface area contributed by atoms with Gasteiger partial charge in [0.2, 0.25) is 0 Å². The smallest absolute Gasteiger partial charge is 0.338 e. The van der Waals surface area contributed by atoms with Gasteiger partial charge in [-0.2, -0.15) is 0 Å². The molecule has 1 aliphatic heterocycles. The maximum absolute atomic E-state index is 12.0. The highest BCUT2D eigenvalue weighted by Gasteiger charge is 2.56. The van der Waals surface area contributed by atoms with Gasteiger partial charge in [-0.25, -0.2) is 9.79 Å². The van der Waals surface area contributed by atoms with Gasteiger partial charge in [0.25, 0.3) is 0 Å². The van der Waals surface area contributed by atoms with E-state index >= 15 is 0 Å². The summed E-state index contributed by atoms with van der Waals surface area (Å²) >= 11 is 0. The zero-order valence-corrected chi connectivity index (χ0v) is 20.5. The van der Waals surface area contributed by atoms with E-state index in [-0.39, 0.29) is 5.97 Å². The molecule has 0 spiro atoms. The van der Waals surface area contributed by atoms with Crippen LogP contribution in [0.1, 0.15) is 64.7 Å². The monoisotopic (exact) mass is 440 g/mol. The van der Waals surface area contributed by atoms with E-state index in [9.17, 15) is 4.79 Å². The molecule has 4 fully saturated rings. The molecule has 1 saturated heterocycles. The molecule has 0 amide bonds. The SMILES string of the molecule is CCOC(=O)c1ccc(N/C(=N/[C@H]2C[C@H]3C[C@@H]([C@@H]2C)C3(C)C)N2C[C@@H](C)N[C@@H](C)C2)cc1. The number of carbonyl (C=O) groups is 1. The van der Waals surface area contributed by atoms with Crippen molar-refractivity contribution in [1.29, 1.82) is 0 Å². The van der Waals surface area contributed by atoms with Crippen molar-refractivity contribution in [1.82, 2.24) is 10.2 Å². The Kier molecular flexibility index (Phi) is 6.53. The van der Waals surface area contributed by atoms with E-state index in [1.165, 1.54) is 12.8 Å². The fourth-order valence-electron chi connectivity index (χ4n) is 6.18. The highest BCUT2D eigenvalue weighted by Crippen LogP contribution is 2.61. The number of nitrogens with zero attached hydrogens (tertiary/aromatic N) is 2. The summed E-state index contributed by atoms with van der Waals surface area (Å²) in [6.07, 6.45) is 2.54. The lowest BCUT2D eigenvalue weighted by atomic mass is 9.45. The number of hydrogen-bond acceptors (Lipinski definition) is 4. The van der Waals surface area contributed by atoms with Crippen LogP contribution in [-0.4, -0.2) is 54.7 Å². The molecule has 1 heterocycles. The Bertz CT molecular complexity index is 840. The first-order valence-corrected chi connectivity index (χ1v) is 12.3. The molecule has 3 saturated carbocycles. The Morgan fingerprint density at radius 3 is 2.38 bits per heavy atom. The van der Waals surface area contributed by atoms with Gasteiger partial charge in [0.15, 0.2) is 5.96 Å². The number of hydrogen-bond donors (Lipinski definition) is 2. The average molecular weight is 441 g/mol. The van der Waals surface area contributed by atoms with Crippen LogP contribution in [0.5, 0.6) is 0 Å². The Morgan fingerprint density at radius 1 is 1.16 bits per heavy atom. The van der Waals surface area contributed by atoms with Crippen molar-refractivity contribution >= 4 is 17.6 Å². The third-order valence-electron chi connectivity index (χ3n) is 8.11. The number of aliphatic imine (C=N–C) groups is 1. The molecule has 0 unspecified atom stereocenters. The number of guanidine groups is 1.